The lowest BCUT2D eigenvalue weighted by Gasteiger charge is -2.23. The number of piperidine rings is 1. The number of hydrogen-bond donors (Lipinski definition) is 2. The van der Waals surface area contributed by atoms with Gasteiger partial charge in [-0.3, -0.25) is 0 Å². The lowest BCUT2D eigenvalue weighted by atomic mass is 10.00. The van der Waals surface area contributed by atoms with Crippen LogP contribution in [0.4, 0.5) is 5.69 Å². The summed E-state index contributed by atoms with van der Waals surface area (Å²) in [4.78, 5) is 8.85. The summed E-state index contributed by atoms with van der Waals surface area (Å²) in [7, 11) is 0. The molecule has 1 aromatic heterocycles. The minimum absolute atomic E-state index is 0.706. The fourth-order valence-electron chi connectivity index (χ4n) is 2.52. The van der Waals surface area contributed by atoms with Crippen LogP contribution in [0.5, 0.6) is 0 Å². The van der Waals surface area contributed by atoms with E-state index in [1.54, 1.807) is 0 Å². The van der Waals surface area contributed by atoms with Crippen molar-refractivity contribution in [2.45, 2.75) is 12.8 Å². The van der Waals surface area contributed by atoms with Gasteiger partial charge < -0.3 is 10.6 Å². The number of nitrogens with one attached hydrogen (secondary N) is 2. The van der Waals surface area contributed by atoms with Gasteiger partial charge in [-0.15, -0.1) is 0 Å². The van der Waals surface area contributed by atoms with E-state index in [1.165, 1.54) is 12.8 Å². The Kier molecular flexibility index (Phi) is 4.23. The van der Waals surface area contributed by atoms with E-state index in [-0.39, 0.29) is 0 Å². The molecule has 0 saturated carbocycles. The van der Waals surface area contributed by atoms with Crippen molar-refractivity contribution in [1.29, 1.82) is 0 Å². The molecule has 104 valence electrons. The first-order valence-electron chi connectivity index (χ1n) is 7.24. The highest BCUT2D eigenvalue weighted by atomic mass is 15.0. The molecule has 2 heterocycles. The van der Waals surface area contributed by atoms with Crippen molar-refractivity contribution in [3.05, 3.63) is 42.7 Å². The molecule has 1 aliphatic rings. The van der Waals surface area contributed by atoms with Crippen LogP contribution in [0.3, 0.4) is 0 Å². The predicted molar refractivity (Wildman–Crippen MR) is 81.6 cm³/mol. The number of aromatic nitrogens is 2. The van der Waals surface area contributed by atoms with E-state index in [2.05, 4.69) is 20.6 Å². The molecule has 0 spiro atoms. The van der Waals surface area contributed by atoms with Gasteiger partial charge in [-0.2, -0.15) is 0 Å². The first-order chi connectivity index (χ1) is 9.92. The fourth-order valence-corrected chi connectivity index (χ4v) is 2.52. The van der Waals surface area contributed by atoms with E-state index in [1.807, 2.05) is 42.7 Å². The van der Waals surface area contributed by atoms with Gasteiger partial charge in [0.05, 0.1) is 18.1 Å². The predicted octanol–water partition coefficient (Wildman–Crippen LogP) is 2.56. The maximum Gasteiger partial charge on any atom is 0.159 e. The minimum Gasteiger partial charge on any atom is -0.382 e. The molecule has 2 N–H and O–H groups in total. The molecule has 4 heteroatoms. The van der Waals surface area contributed by atoms with Crippen LogP contribution in [0, 0.1) is 5.92 Å². The second kappa shape index (κ2) is 6.48. The number of hydrogen-bond acceptors (Lipinski definition) is 4. The molecule has 1 aromatic carbocycles. The van der Waals surface area contributed by atoms with Crippen molar-refractivity contribution in [2.24, 2.45) is 5.92 Å². The van der Waals surface area contributed by atoms with Gasteiger partial charge in [-0.1, -0.05) is 30.3 Å². The van der Waals surface area contributed by atoms with Crippen molar-refractivity contribution in [1.82, 2.24) is 15.3 Å². The van der Waals surface area contributed by atoms with Crippen LogP contribution in [0.1, 0.15) is 12.8 Å². The monoisotopic (exact) mass is 268 g/mol. The van der Waals surface area contributed by atoms with E-state index < -0.39 is 0 Å². The zero-order chi connectivity index (χ0) is 13.6. The van der Waals surface area contributed by atoms with Gasteiger partial charge in [0, 0.05) is 12.1 Å². The third-order valence-electron chi connectivity index (χ3n) is 3.68. The molecule has 1 unspecified atom stereocenters. The quantitative estimate of drug-likeness (QED) is 0.894. The topological polar surface area (TPSA) is 49.8 Å². The van der Waals surface area contributed by atoms with Crippen LogP contribution in [-0.4, -0.2) is 29.6 Å². The van der Waals surface area contributed by atoms with E-state index in [9.17, 15) is 0 Å². The molecule has 0 amide bonds. The van der Waals surface area contributed by atoms with Crippen molar-refractivity contribution >= 4 is 5.69 Å². The molecule has 2 aromatic rings. The van der Waals surface area contributed by atoms with Gasteiger partial charge in [0.2, 0.25) is 0 Å². The van der Waals surface area contributed by atoms with Crippen molar-refractivity contribution in [2.75, 3.05) is 25.0 Å². The van der Waals surface area contributed by atoms with Crippen molar-refractivity contribution in [3.63, 3.8) is 0 Å². The standard InChI is InChI=1S/C16H20N4/c1-2-6-14(7-3-1)16-19-11-15(12-20-16)18-10-13-5-4-8-17-9-13/h1-3,6-7,11-13,17-18H,4-5,8-10H2. The summed E-state index contributed by atoms with van der Waals surface area (Å²) < 4.78 is 0. The lowest BCUT2D eigenvalue weighted by molar-refractivity contribution is 0.393. The molecule has 0 radical (unpaired) electrons. The normalized spacial score (nSPS) is 18.7. The second-order valence-electron chi connectivity index (χ2n) is 5.25. The van der Waals surface area contributed by atoms with Gasteiger partial charge in [0.15, 0.2) is 5.82 Å². The van der Waals surface area contributed by atoms with Crippen molar-refractivity contribution in [3.8, 4) is 11.4 Å². The maximum atomic E-state index is 4.42. The molecular weight excluding hydrogens is 248 g/mol. The Morgan fingerprint density at radius 2 is 1.95 bits per heavy atom. The highest BCUT2D eigenvalue weighted by molar-refractivity contribution is 5.55. The Labute approximate surface area is 119 Å². The van der Waals surface area contributed by atoms with Crippen molar-refractivity contribution < 1.29 is 0 Å². The smallest absolute Gasteiger partial charge is 0.159 e. The van der Waals surface area contributed by atoms with E-state index in [4.69, 9.17) is 0 Å². The lowest BCUT2D eigenvalue weighted by Crippen LogP contribution is -2.33. The van der Waals surface area contributed by atoms with Gasteiger partial charge in [-0.05, 0) is 31.8 Å². The Hall–Kier alpha value is -1.94. The molecule has 3 rings (SSSR count). The summed E-state index contributed by atoms with van der Waals surface area (Å²) in [5, 5.41) is 6.86. The fraction of sp³-hybridized carbons (Fsp3) is 0.375. The molecule has 1 aliphatic heterocycles. The summed E-state index contributed by atoms with van der Waals surface area (Å²) in [6.45, 7) is 3.25. The number of anilines is 1. The molecule has 0 aliphatic carbocycles. The Morgan fingerprint density at radius 3 is 2.65 bits per heavy atom. The van der Waals surface area contributed by atoms with Gasteiger partial charge in [0.1, 0.15) is 0 Å². The molecule has 20 heavy (non-hydrogen) atoms. The number of nitrogens with zero attached hydrogens (tertiary/aromatic N) is 2. The summed E-state index contributed by atoms with van der Waals surface area (Å²) >= 11 is 0. The average molecular weight is 268 g/mol. The van der Waals surface area contributed by atoms with Crippen LogP contribution < -0.4 is 10.6 Å². The SMILES string of the molecule is c1ccc(-c2ncc(NCC3CCCNC3)cn2)cc1. The van der Waals surface area contributed by atoms with Gasteiger partial charge in [-0.25, -0.2) is 9.97 Å². The molecule has 1 saturated heterocycles. The first-order valence-corrected chi connectivity index (χ1v) is 7.24. The minimum atomic E-state index is 0.706. The summed E-state index contributed by atoms with van der Waals surface area (Å²) in [5.41, 5.74) is 2.05. The Bertz CT molecular complexity index is 518. The van der Waals surface area contributed by atoms with Crippen LogP contribution in [-0.2, 0) is 0 Å². The maximum absolute atomic E-state index is 4.42. The van der Waals surface area contributed by atoms with Crippen LogP contribution in [0.15, 0.2) is 42.7 Å². The van der Waals surface area contributed by atoms with E-state index in [0.717, 1.165) is 36.7 Å². The summed E-state index contributed by atoms with van der Waals surface area (Å²) in [6, 6.07) is 10.0. The molecule has 1 fully saturated rings. The van der Waals surface area contributed by atoms with Gasteiger partial charge >= 0.3 is 0 Å². The number of benzene rings is 1. The third kappa shape index (κ3) is 3.33. The summed E-state index contributed by atoms with van der Waals surface area (Å²) in [6.07, 6.45) is 6.30. The second-order valence-corrected chi connectivity index (χ2v) is 5.25. The highest BCUT2D eigenvalue weighted by Crippen LogP contribution is 2.16. The first kappa shape index (κ1) is 13.1. The molecular formula is C16H20N4. The van der Waals surface area contributed by atoms with E-state index in [0.29, 0.717) is 5.92 Å². The van der Waals surface area contributed by atoms with Crippen LogP contribution >= 0.6 is 0 Å². The third-order valence-corrected chi connectivity index (χ3v) is 3.68. The summed E-state index contributed by atoms with van der Waals surface area (Å²) in [5.74, 6) is 1.48. The molecule has 1 atom stereocenters. The zero-order valence-electron chi connectivity index (χ0n) is 11.5. The zero-order valence-corrected chi connectivity index (χ0v) is 11.5. The highest BCUT2D eigenvalue weighted by Gasteiger charge is 2.12. The largest absolute Gasteiger partial charge is 0.382 e. The van der Waals surface area contributed by atoms with E-state index >= 15 is 0 Å². The Balaban J connectivity index is 1.58. The Morgan fingerprint density at radius 1 is 1.15 bits per heavy atom. The molecule has 0 bridgehead atoms. The van der Waals surface area contributed by atoms with Crippen LogP contribution in [0.25, 0.3) is 11.4 Å². The molecule has 4 nitrogen and oxygen atoms in total. The van der Waals surface area contributed by atoms with Gasteiger partial charge in [0.25, 0.3) is 0 Å². The average Bonchev–Trinajstić information content (AvgIpc) is 2.55. The number of rotatable bonds is 4. The van der Waals surface area contributed by atoms with Crippen LogP contribution in [0.2, 0.25) is 0 Å².